The summed E-state index contributed by atoms with van der Waals surface area (Å²) in [6.07, 6.45) is 2.50. The van der Waals surface area contributed by atoms with Crippen LogP contribution in [0, 0.1) is 26.2 Å². The first kappa shape index (κ1) is 13.5. The zero-order chi connectivity index (χ0) is 5.98. The van der Waals surface area contributed by atoms with Crippen molar-refractivity contribution in [1.82, 2.24) is 9.97 Å². The molecular weight excluding hydrogens is 373 g/mol. The van der Waals surface area contributed by atoms with Crippen molar-refractivity contribution in [3.05, 3.63) is 23.8 Å². The second-order valence-corrected chi connectivity index (χ2v) is 1.62. The fourth-order valence-corrected chi connectivity index (χ4v) is 0.493. The van der Waals surface area contributed by atoms with Gasteiger partial charge >= 0.3 is 0 Å². The molecule has 0 saturated heterocycles. The maximum atomic E-state index is 3.75. The zero-order valence-corrected chi connectivity index (χ0v) is 11.7. The minimum absolute atomic E-state index is 0. The van der Waals surface area contributed by atoms with Crippen molar-refractivity contribution in [3.63, 3.8) is 0 Å². The summed E-state index contributed by atoms with van der Waals surface area (Å²) >= 11 is 0. The Morgan fingerprint density at radius 1 is 1.10 bits per heavy atom. The van der Waals surface area contributed by atoms with E-state index in [1.165, 1.54) is 0 Å². The van der Waals surface area contributed by atoms with Crippen LogP contribution in [0.5, 0.6) is 0 Å². The Bertz CT molecular complexity index is 176. The predicted molar refractivity (Wildman–Crippen MR) is 29.2 cm³/mol. The van der Waals surface area contributed by atoms with Crippen molar-refractivity contribution >= 4 is 0 Å². The van der Waals surface area contributed by atoms with Gasteiger partial charge in [-0.15, -0.1) is 13.8 Å². The molecule has 0 aliphatic rings. The van der Waals surface area contributed by atoms with Crippen LogP contribution in [0.2, 0.25) is 0 Å². The van der Waals surface area contributed by atoms with Crippen LogP contribution in [0.3, 0.4) is 0 Å². The molecule has 0 unspecified atom stereocenters. The SMILES string of the molecule is Cc1[c-]c(C)n[c-]n1.[W].[Y]. The molecule has 4 heteroatoms. The van der Waals surface area contributed by atoms with E-state index >= 15 is 0 Å². The van der Waals surface area contributed by atoms with Gasteiger partial charge in [0, 0.05) is 60.1 Å². The van der Waals surface area contributed by atoms with Gasteiger partial charge in [-0.05, 0) is 0 Å². The van der Waals surface area contributed by atoms with Gasteiger partial charge in [0.25, 0.3) is 0 Å². The minimum atomic E-state index is 0. The summed E-state index contributed by atoms with van der Waals surface area (Å²) in [6.45, 7) is 3.73. The first-order valence-electron chi connectivity index (χ1n) is 2.39. The molecule has 0 aliphatic heterocycles. The van der Waals surface area contributed by atoms with Gasteiger partial charge in [-0.2, -0.15) is 0 Å². The molecule has 1 aromatic rings. The van der Waals surface area contributed by atoms with E-state index in [-0.39, 0.29) is 53.8 Å². The largest absolute Gasteiger partial charge is 0.571 e. The fourth-order valence-electron chi connectivity index (χ4n) is 0.493. The van der Waals surface area contributed by atoms with Gasteiger partial charge in [-0.3, -0.25) is 11.4 Å². The van der Waals surface area contributed by atoms with Crippen molar-refractivity contribution in [3.8, 4) is 0 Å². The summed E-state index contributed by atoms with van der Waals surface area (Å²) in [4.78, 5) is 7.50. The third kappa shape index (κ3) is 4.65. The molecule has 1 radical (unpaired) electrons. The summed E-state index contributed by atoms with van der Waals surface area (Å²) in [5.41, 5.74) is 1.69. The summed E-state index contributed by atoms with van der Waals surface area (Å²) in [5.74, 6) is 0. The molecule has 0 atom stereocenters. The monoisotopic (exact) mass is 379 g/mol. The van der Waals surface area contributed by atoms with E-state index in [1.807, 2.05) is 13.8 Å². The molecular formula is C6H6N2WY-2. The Hall–Kier alpha value is 0.872. The Labute approximate surface area is 100 Å². The smallest absolute Gasteiger partial charge is 0.0163 e. The van der Waals surface area contributed by atoms with E-state index in [4.69, 9.17) is 0 Å². The zero-order valence-electron chi connectivity index (χ0n) is 5.88. The van der Waals surface area contributed by atoms with Crippen LogP contribution >= 0.6 is 0 Å². The summed E-state index contributed by atoms with van der Waals surface area (Å²) in [7, 11) is 0. The number of aryl methyl sites for hydroxylation is 2. The molecule has 1 aromatic heterocycles. The molecule has 2 nitrogen and oxygen atoms in total. The third-order valence-corrected chi connectivity index (χ3v) is 0.797. The molecule has 0 amide bonds. The minimum Gasteiger partial charge on any atom is -0.571 e. The van der Waals surface area contributed by atoms with E-state index in [2.05, 4.69) is 22.4 Å². The van der Waals surface area contributed by atoms with E-state index in [1.54, 1.807) is 0 Å². The molecule has 51 valence electrons. The van der Waals surface area contributed by atoms with E-state index in [0.29, 0.717) is 0 Å². The topological polar surface area (TPSA) is 25.8 Å². The quantitative estimate of drug-likeness (QED) is 0.621. The van der Waals surface area contributed by atoms with Gasteiger partial charge in [0.2, 0.25) is 0 Å². The molecule has 0 N–H and O–H groups in total. The Balaban J connectivity index is 0. The van der Waals surface area contributed by atoms with Crippen LogP contribution < -0.4 is 0 Å². The molecule has 0 bridgehead atoms. The Morgan fingerprint density at radius 3 is 1.70 bits per heavy atom. The predicted octanol–water partition coefficient (Wildman–Crippen LogP) is 0.689. The molecule has 0 aliphatic carbocycles. The van der Waals surface area contributed by atoms with E-state index in [0.717, 1.165) is 11.4 Å². The number of aromatic nitrogens is 2. The van der Waals surface area contributed by atoms with Crippen LogP contribution in [-0.2, 0) is 53.8 Å². The third-order valence-electron chi connectivity index (χ3n) is 0.797. The molecule has 10 heavy (non-hydrogen) atoms. The van der Waals surface area contributed by atoms with Crippen molar-refractivity contribution < 1.29 is 53.8 Å². The molecule has 0 aromatic carbocycles. The first-order valence-corrected chi connectivity index (χ1v) is 2.39. The number of rotatable bonds is 0. The molecule has 0 saturated carbocycles. The van der Waals surface area contributed by atoms with Crippen molar-refractivity contribution in [2.24, 2.45) is 0 Å². The average molecular weight is 379 g/mol. The van der Waals surface area contributed by atoms with Gasteiger partial charge in [0.05, 0.1) is 0 Å². The van der Waals surface area contributed by atoms with Gasteiger partial charge in [-0.25, -0.2) is 0 Å². The van der Waals surface area contributed by atoms with Gasteiger partial charge < -0.3 is 16.0 Å². The second kappa shape index (κ2) is 6.57. The Kier molecular flexibility index (Phi) is 8.85. The number of hydrogen-bond donors (Lipinski definition) is 0. The van der Waals surface area contributed by atoms with Crippen LogP contribution in [0.4, 0.5) is 0 Å². The van der Waals surface area contributed by atoms with Crippen molar-refractivity contribution in [2.75, 3.05) is 0 Å². The van der Waals surface area contributed by atoms with E-state index in [9.17, 15) is 0 Å². The van der Waals surface area contributed by atoms with Gasteiger partial charge in [0.15, 0.2) is 0 Å². The maximum absolute atomic E-state index is 3.75. The molecule has 1 rings (SSSR count). The van der Waals surface area contributed by atoms with Crippen molar-refractivity contribution in [2.45, 2.75) is 13.8 Å². The van der Waals surface area contributed by atoms with Crippen molar-refractivity contribution in [1.29, 1.82) is 0 Å². The fraction of sp³-hybridized carbons (Fsp3) is 0.333. The molecule has 1 heterocycles. The van der Waals surface area contributed by atoms with Gasteiger partial charge in [0.1, 0.15) is 0 Å². The second-order valence-electron chi connectivity index (χ2n) is 1.62. The Morgan fingerprint density at radius 2 is 1.50 bits per heavy atom. The normalized spacial score (nSPS) is 7.40. The number of nitrogens with zero attached hydrogens (tertiary/aromatic N) is 2. The van der Waals surface area contributed by atoms with E-state index < -0.39 is 0 Å². The average Bonchev–Trinajstić information content (AvgIpc) is 1.64. The first-order chi connectivity index (χ1) is 3.79. The summed E-state index contributed by atoms with van der Waals surface area (Å²) < 4.78 is 0. The van der Waals surface area contributed by atoms with Crippen LogP contribution in [0.1, 0.15) is 11.4 Å². The van der Waals surface area contributed by atoms with Gasteiger partial charge in [-0.1, -0.05) is 0 Å². The van der Waals surface area contributed by atoms with Crippen LogP contribution in [-0.4, -0.2) is 9.97 Å². The van der Waals surface area contributed by atoms with Crippen LogP contribution in [0.25, 0.3) is 0 Å². The summed E-state index contributed by atoms with van der Waals surface area (Å²) in [5, 5.41) is 0. The number of hydrogen-bond acceptors (Lipinski definition) is 2. The molecule has 0 spiro atoms. The summed E-state index contributed by atoms with van der Waals surface area (Å²) in [6, 6.07) is 2.92. The standard InChI is InChI=1S/C6H6N2.W.Y/c1-5-3-6(2)8-4-7-5;;/h1-2H3;;/q-2;;. The maximum Gasteiger partial charge on any atom is 0.0163 e. The molecule has 0 fully saturated rings. The van der Waals surface area contributed by atoms with Crippen LogP contribution in [0.15, 0.2) is 0 Å².